The van der Waals surface area contributed by atoms with Crippen LogP contribution in [-0.2, 0) is 19.6 Å². The molecule has 1 aromatic carbocycles. The Bertz CT molecular complexity index is 1460. The third-order valence-corrected chi connectivity index (χ3v) is 8.83. The van der Waals surface area contributed by atoms with Gasteiger partial charge in [-0.05, 0) is 43.0 Å². The molecule has 2 aromatic heterocycles. The van der Waals surface area contributed by atoms with Gasteiger partial charge in [0.05, 0.1) is 18.8 Å². The summed E-state index contributed by atoms with van der Waals surface area (Å²) in [5.74, 6) is -0.521. The molecular weight excluding hydrogens is 522 g/mol. The van der Waals surface area contributed by atoms with Crippen LogP contribution in [0.3, 0.4) is 0 Å². The van der Waals surface area contributed by atoms with E-state index in [0.717, 1.165) is 9.87 Å². The Hall–Kier alpha value is -3.90. The Morgan fingerprint density at radius 3 is 2.56 bits per heavy atom. The summed E-state index contributed by atoms with van der Waals surface area (Å²) in [6.45, 7) is 3.77. The number of hydrogen-bond donors (Lipinski definition) is 1. The minimum atomic E-state index is -4.01. The summed E-state index contributed by atoms with van der Waals surface area (Å²) in [5, 5.41) is 2.70. The van der Waals surface area contributed by atoms with E-state index in [0.29, 0.717) is 24.2 Å². The molecule has 3 atom stereocenters. The molecule has 0 saturated carbocycles. The maximum Gasteiger partial charge on any atom is 0.261 e. The zero-order chi connectivity index (χ0) is 27.7. The summed E-state index contributed by atoms with van der Waals surface area (Å²) in [6, 6.07) is 8.85. The Labute approximate surface area is 226 Å². The minimum absolute atomic E-state index is 0.0757. The van der Waals surface area contributed by atoms with Gasteiger partial charge in [-0.2, -0.15) is 4.31 Å². The Morgan fingerprint density at radius 2 is 1.92 bits per heavy atom. The highest BCUT2D eigenvalue weighted by molar-refractivity contribution is 7.89. The first-order valence-electron chi connectivity index (χ1n) is 12.7. The molecule has 0 bridgehead atoms. The lowest BCUT2D eigenvalue weighted by molar-refractivity contribution is -0.138. The fraction of sp³-hybridized carbons (Fsp3) is 0.370. The lowest BCUT2D eigenvalue weighted by Gasteiger charge is -2.29. The fourth-order valence-corrected chi connectivity index (χ4v) is 6.80. The van der Waals surface area contributed by atoms with Gasteiger partial charge in [0.2, 0.25) is 5.91 Å². The first kappa shape index (κ1) is 26.7. The van der Waals surface area contributed by atoms with Gasteiger partial charge in [-0.15, -0.1) is 0 Å². The van der Waals surface area contributed by atoms with E-state index in [1.165, 1.54) is 23.6 Å². The number of nitrogens with one attached hydrogen (secondary N) is 1. The first-order valence-corrected chi connectivity index (χ1v) is 14.2. The third kappa shape index (κ3) is 5.21. The number of benzene rings is 1. The van der Waals surface area contributed by atoms with Crippen LogP contribution in [0.5, 0.6) is 0 Å². The van der Waals surface area contributed by atoms with E-state index >= 15 is 0 Å². The van der Waals surface area contributed by atoms with E-state index in [2.05, 4.69) is 15.3 Å². The normalized spacial score (nSPS) is 20.3. The van der Waals surface area contributed by atoms with Crippen molar-refractivity contribution in [3.63, 3.8) is 0 Å². The number of amides is 2. The molecule has 0 aliphatic carbocycles. The molecule has 5 rings (SSSR count). The van der Waals surface area contributed by atoms with Crippen molar-refractivity contribution in [1.82, 2.24) is 24.5 Å². The number of hydrogen-bond acceptors (Lipinski definition) is 8. The van der Waals surface area contributed by atoms with Gasteiger partial charge in [-0.25, -0.2) is 18.4 Å². The molecule has 0 radical (unpaired) electrons. The second-order valence-electron chi connectivity index (χ2n) is 10.1. The largest absolute Gasteiger partial charge is 0.444 e. The zero-order valence-electron chi connectivity index (χ0n) is 21.6. The van der Waals surface area contributed by atoms with Crippen molar-refractivity contribution in [2.24, 2.45) is 5.92 Å². The van der Waals surface area contributed by atoms with Crippen molar-refractivity contribution in [1.29, 1.82) is 0 Å². The average Bonchev–Trinajstić information content (AvgIpc) is 3.67. The third-order valence-electron chi connectivity index (χ3n) is 7.05. The number of carbonyl (C=O) groups excluding carboxylic acids is 3. The van der Waals surface area contributed by atoms with Gasteiger partial charge in [-0.3, -0.25) is 14.4 Å². The SMILES string of the molecule is CC(C)CC(NC(=O)c1ccc(-c2cnco2)cc1)C(=O)N1CCC2C1C(=O)CN2S(=O)(=O)c1ccccn1. The molecule has 2 aliphatic rings. The van der Waals surface area contributed by atoms with Gasteiger partial charge in [0, 0.05) is 23.9 Å². The smallest absolute Gasteiger partial charge is 0.261 e. The molecular formula is C27H29N5O6S. The Kier molecular flexibility index (Phi) is 7.32. The molecule has 4 heterocycles. The van der Waals surface area contributed by atoms with Crippen LogP contribution in [0.15, 0.2) is 70.7 Å². The van der Waals surface area contributed by atoms with Crippen LogP contribution < -0.4 is 5.32 Å². The van der Waals surface area contributed by atoms with Crippen LogP contribution in [0, 0.1) is 5.92 Å². The molecule has 2 saturated heterocycles. The number of oxazole rings is 1. The fourth-order valence-electron chi connectivity index (χ4n) is 5.24. The minimum Gasteiger partial charge on any atom is -0.444 e. The summed E-state index contributed by atoms with van der Waals surface area (Å²) in [5.41, 5.74) is 1.12. The van der Waals surface area contributed by atoms with Crippen molar-refractivity contribution >= 4 is 27.6 Å². The molecule has 3 unspecified atom stereocenters. The van der Waals surface area contributed by atoms with E-state index in [1.807, 2.05) is 13.8 Å². The van der Waals surface area contributed by atoms with Crippen LogP contribution in [-0.4, -0.2) is 76.4 Å². The monoisotopic (exact) mass is 551 g/mol. The summed E-state index contributed by atoms with van der Waals surface area (Å²) < 4.78 is 32.9. The quantitative estimate of drug-likeness (QED) is 0.449. The molecule has 1 N–H and O–H groups in total. The maximum atomic E-state index is 13.7. The van der Waals surface area contributed by atoms with Crippen molar-refractivity contribution < 1.29 is 27.2 Å². The van der Waals surface area contributed by atoms with Crippen LogP contribution in [0.2, 0.25) is 0 Å². The molecule has 3 aromatic rings. The van der Waals surface area contributed by atoms with E-state index in [4.69, 9.17) is 4.42 Å². The second-order valence-corrected chi connectivity index (χ2v) is 12.0. The molecule has 12 heteroatoms. The highest BCUT2D eigenvalue weighted by Gasteiger charge is 2.54. The van der Waals surface area contributed by atoms with E-state index in [-0.39, 0.29) is 29.8 Å². The second kappa shape index (κ2) is 10.7. The summed E-state index contributed by atoms with van der Waals surface area (Å²) in [7, 11) is -4.01. The highest BCUT2D eigenvalue weighted by Crippen LogP contribution is 2.34. The number of nitrogens with zero attached hydrogens (tertiary/aromatic N) is 4. The first-order chi connectivity index (χ1) is 18.7. The average molecular weight is 552 g/mol. The number of rotatable bonds is 8. The summed E-state index contributed by atoms with van der Waals surface area (Å²) in [4.78, 5) is 49.2. The van der Waals surface area contributed by atoms with Crippen molar-refractivity contribution in [3.05, 3.63) is 66.8 Å². The molecule has 2 fully saturated rings. The van der Waals surface area contributed by atoms with Crippen LogP contribution in [0.25, 0.3) is 11.3 Å². The highest BCUT2D eigenvalue weighted by atomic mass is 32.2. The molecule has 2 amide bonds. The predicted molar refractivity (Wildman–Crippen MR) is 140 cm³/mol. The molecule has 39 heavy (non-hydrogen) atoms. The van der Waals surface area contributed by atoms with Crippen LogP contribution >= 0.6 is 0 Å². The van der Waals surface area contributed by atoms with E-state index in [9.17, 15) is 22.8 Å². The zero-order valence-corrected chi connectivity index (χ0v) is 22.4. The van der Waals surface area contributed by atoms with Crippen LogP contribution in [0.4, 0.5) is 0 Å². The van der Waals surface area contributed by atoms with Crippen molar-refractivity contribution in [3.8, 4) is 11.3 Å². The maximum absolute atomic E-state index is 13.7. The number of likely N-dealkylation sites (tertiary alicyclic amines) is 1. The van der Waals surface area contributed by atoms with Gasteiger partial charge < -0.3 is 14.6 Å². The predicted octanol–water partition coefficient (Wildman–Crippen LogP) is 2.12. The van der Waals surface area contributed by atoms with Crippen LogP contribution in [0.1, 0.15) is 37.0 Å². The molecule has 204 valence electrons. The standard InChI is InChI=1S/C27H29N5O6S/c1-17(2)13-20(30-26(34)19-8-6-18(7-9-19)23-14-28-16-38-23)27(35)31-12-10-21-25(31)22(33)15-32(21)39(36,37)24-5-3-4-11-29-24/h3-9,11,14,16-17,20-21,25H,10,12-13,15H2,1-2H3,(H,30,34). The number of pyridine rings is 1. The van der Waals surface area contributed by atoms with Gasteiger partial charge in [-0.1, -0.05) is 32.0 Å². The van der Waals surface area contributed by atoms with Gasteiger partial charge >= 0.3 is 0 Å². The van der Waals surface area contributed by atoms with Gasteiger partial charge in [0.1, 0.15) is 12.1 Å². The number of sulfonamides is 1. The Balaban J connectivity index is 1.33. The summed E-state index contributed by atoms with van der Waals surface area (Å²) >= 11 is 0. The number of Topliss-reactive ketones (excluding diaryl/α,β-unsaturated/α-hetero) is 1. The van der Waals surface area contributed by atoms with Gasteiger partial charge in [0.15, 0.2) is 23.0 Å². The number of carbonyl (C=O) groups is 3. The van der Waals surface area contributed by atoms with Gasteiger partial charge in [0.25, 0.3) is 15.9 Å². The molecule has 0 spiro atoms. The lowest BCUT2D eigenvalue weighted by atomic mass is 10.0. The lowest BCUT2D eigenvalue weighted by Crippen LogP contribution is -2.53. The number of ketones is 1. The summed E-state index contributed by atoms with van der Waals surface area (Å²) in [6.07, 6.45) is 4.96. The topological polar surface area (TPSA) is 143 Å². The van der Waals surface area contributed by atoms with Crippen molar-refractivity contribution in [2.75, 3.05) is 13.1 Å². The number of aromatic nitrogens is 2. The number of fused-ring (bicyclic) bond motifs is 1. The molecule has 11 nitrogen and oxygen atoms in total. The molecule has 2 aliphatic heterocycles. The van der Waals surface area contributed by atoms with E-state index in [1.54, 1.807) is 42.6 Å². The van der Waals surface area contributed by atoms with Crippen molar-refractivity contribution in [2.45, 2.75) is 49.8 Å². The van der Waals surface area contributed by atoms with E-state index < -0.39 is 40.0 Å². The Morgan fingerprint density at radius 1 is 1.15 bits per heavy atom.